The second-order valence-corrected chi connectivity index (χ2v) is 6.07. The van der Waals surface area contributed by atoms with E-state index in [2.05, 4.69) is 20.5 Å². The lowest BCUT2D eigenvalue weighted by Crippen LogP contribution is -2.39. The van der Waals surface area contributed by atoms with Crippen molar-refractivity contribution in [2.75, 3.05) is 17.7 Å². The van der Waals surface area contributed by atoms with Crippen molar-refractivity contribution in [1.82, 2.24) is 9.78 Å². The molecule has 1 aromatic heterocycles. The van der Waals surface area contributed by atoms with E-state index in [1.165, 1.54) is 19.2 Å². The smallest absolute Gasteiger partial charge is 0.339 e. The van der Waals surface area contributed by atoms with Crippen LogP contribution >= 0.6 is 0 Å². The molecule has 3 rings (SSSR count). The number of rotatable bonds is 5. The van der Waals surface area contributed by atoms with Gasteiger partial charge >= 0.3 is 5.97 Å². The Kier molecular flexibility index (Phi) is 5.52. The predicted octanol–water partition coefficient (Wildman–Crippen LogP) is 3.18. The van der Waals surface area contributed by atoms with Crippen molar-refractivity contribution >= 4 is 23.4 Å². The molecule has 150 valence electrons. The fourth-order valence-electron chi connectivity index (χ4n) is 2.92. The second-order valence-electron chi connectivity index (χ2n) is 6.07. The van der Waals surface area contributed by atoms with Gasteiger partial charge in [0, 0.05) is 12.5 Å². The minimum atomic E-state index is -2.93. The van der Waals surface area contributed by atoms with E-state index >= 15 is 0 Å². The molecule has 0 bridgehead atoms. The predicted molar refractivity (Wildman–Crippen MR) is 91.0 cm³/mol. The van der Waals surface area contributed by atoms with E-state index in [0.29, 0.717) is 0 Å². The van der Waals surface area contributed by atoms with Gasteiger partial charge in [-0.25, -0.2) is 27.0 Å². The highest BCUT2D eigenvalue weighted by molar-refractivity contribution is 6.07. The van der Waals surface area contributed by atoms with Crippen LogP contribution in [-0.2, 0) is 4.74 Å². The van der Waals surface area contributed by atoms with Gasteiger partial charge in [0.25, 0.3) is 18.8 Å². The first-order valence-corrected chi connectivity index (χ1v) is 8.23. The van der Waals surface area contributed by atoms with Crippen LogP contribution in [0.5, 0.6) is 0 Å². The van der Waals surface area contributed by atoms with Gasteiger partial charge in [-0.1, -0.05) is 12.1 Å². The molecule has 28 heavy (non-hydrogen) atoms. The van der Waals surface area contributed by atoms with Gasteiger partial charge in [-0.2, -0.15) is 5.10 Å². The topological polar surface area (TPSA) is 85.2 Å². The molecule has 11 heteroatoms. The molecule has 2 N–H and O–H groups in total. The molecule has 2 heterocycles. The van der Waals surface area contributed by atoms with Crippen LogP contribution in [-0.4, -0.2) is 47.7 Å². The van der Waals surface area contributed by atoms with E-state index < -0.39 is 43.2 Å². The van der Waals surface area contributed by atoms with Crippen LogP contribution in [0.2, 0.25) is 0 Å². The maximum atomic E-state index is 13.3. The lowest BCUT2D eigenvalue weighted by molar-refractivity contribution is 0.0419. The minimum absolute atomic E-state index is 0.0867. The number of para-hydroxylation sites is 1. The number of amides is 1. The molecule has 2 aromatic rings. The second kappa shape index (κ2) is 7.87. The molecule has 0 aliphatic carbocycles. The third-order valence-corrected chi connectivity index (χ3v) is 4.29. The summed E-state index contributed by atoms with van der Waals surface area (Å²) in [4.78, 5) is 24.3. The van der Waals surface area contributed by atoms with Crippen molar-refractivity contribution in [3.63, 3.8) is 0 Å². The zero-order chi connectivity index (χ0) is 20.4. The monoisotopic (exact) mass is 400 g/mol. The maximum Gasteiger partial charge on any atom is 0.339 e. The summed E-state index contributed by atoms with van der Waals surface area (Å²) in [7, 11) is 1.18. The number of carbonyl (C=O) groups excluding carboxylic acids is 2. The summed E-state index contributed by atoms with van der Waals surface area (Å²) < 4.78 is 58.0. The van der Waals surface area contributed by atoms with Gasteiger partial charge in [-0.3, -0.25) is 4.79 Å². The van der Waals surface area contributed by atoms with Gasteiger partial charge in [-0.05, 0) is 12.1 Å². The Morgan fingerprint density at radius 3 is 2.61 bits per heavy atom. The van der Waals surface area contributed by atoms with E-state index in [4.69, 9.17) is 0 Å². The third-order valence-electron chi connectivity index (χ3n) is 4.29. The van der Waals surface area contributed by atoms with E-state index in [0.717, 1.165) is 10.7 Å². The molecule has 2 atom stereocenters. The number of nitrogens with zero attached hydrogens (tertiary/aromatic N) is 2. The average Bonchev–Trinajstić information content (AvgIpc) is 3.11. The van der Waals surface area contributed by atoms with E-state index in [9.17, 15) is 27.2 Å². The van der Waals surface area contributed by atoms with Crippen molar-refractivity contribution in [2.24, 2.45) is 0 Å². The Morgan fingerprint density at radius 2 is 1.96 bits per heavy atom. The zero-order valence-corrected chi connectivity index (χ0v) is 14.5. The Morgan fingerprint density at radius 1 is 1.25 bits per heavy atom. The van der Waals surface area contributed by atoms with Crippen molar-refractivity contribution < 1.29 is 31.9 Å². The van der Waals surface area contributed by atoms with Crippen LogP contribution in [0.15, 0.2) is 30.3 Å². The van der Waals surface area contributed by atoms with Crippen LogP contribution < -0.4 is 10.6 Å². The number of halogens is 4. The summed E-state index contributed by atoms with van der Waals surface area (Å²) >= 11 is 0. The zero-order valence-electron chi connectivity index (χ0n) is 14.5. The number of aromatic nitrogens is 2. The lowest BCUT2D eigenvalue weighted by atomic mass is 10.1. The number of benzene rings is 1. The normalized spacial score (nSPS) is 18.5. The molecule has 0 unspecified atom stereocenters. The lowest BCUT2D eigenvalue weighted by Gasteiger charge is -2.31. The first-order valence-electron chi connectivity index (χ1n) is 8.23. The van der Waals surface area contributed by atoms with Crippen molar-refractivity contribution in [3.05, 3.63) is 41.6 Å². The van der Waals surface area contributed by atoms with E-state index in [-0.39, 0.29) is 22.8 Å². The minimum Gasteiger partial charge on any atom is -0.465 e. The first-order chi connectivity index (χ1) is 13.3. The molecule has 0 saturated carbocycles. The molecule has 0 spiro atoms. The number of methoxy groups -OCH3 is 1. The fourth-order valence-corrected chi connectivity index (χ4v) is 2.92. The van der Waals surface area contributed by atoms with E-state index in [1.807, 2.05) is 0 Å². The van der Waals surface area contributed by atoms with E-state index in [1.54, 1.807) is 12.1 Å². The van der Waals surface area contributed by atoms with Gasteiger partial charge < -0.3 is 15.4 Å². The molecule has 1 amide bonds. The fraction of sp³-hybridized carbons (Fsp3) is 0.353. The van der Waals surface area contributed by atoms with Gasteiger partial charge in [0.05, 0.1) is 24.4 Å². The molecular formula is C17H16F4N4O3. The summed E-state index contributed by atoms with van der Waals surface area (Å²) in [6, 6.07) is 4.08. The number of carbonyl (C=O) groups is 2. The molecular weight excluding hydrogens is 384 g/mol. The standard InChI is InChI=1S/C17H16F4N4O3/c1-28-17(27)8-4-2-3-5-9(8)23-16(26)11-7-13-22-10(14(18)19)6-12(15(20)21)25(13)24-11/h2-5,7,10,12,14-15,22H,6H2,1H3,(H,23,26)/t10-,12+/m0/s1. The Labute approximate surface area is 156 Å². The largest absolute Gasteiger partial charge is 0.465 e. The quantitative estimate of drug-likeness (QED) is 0.595. The van der Waals surface area contributed by atoms with Crippen LogP contribution in [0.1, 0.15) is 33.3 Å². The maximum absolute atomic E-state index is 13.3. The highest BCUT2D eigenvalue weighted by Gasteiger charge is 2.38. The molecule has 1 aliphatic heterocycles. The van der Waals surface area contributed by atoms with Gasteiger partial charge in [-0.15, -0.1) is 0 Å². The molecule has 1 aliphatic rings. The van der Waals surface area contributed by atoms with Crippen molar-refractivity contribution in [2.45, 2.75) is 31.4 Å². The molecule has 0 saturated heterocycles. The van der Waals surface area contributed by atoms with Crippen LogP contribution in [0.4, 0.5) is 29.1 Å². The average molecular weight is 400 g/mol. The molecule has 1 aromatic carbocycles. The van der Waals surface area contributed by atoms with Crippen LogP contribution in [0.3, 0.4) is 0 Å². The summed E-state index contributed by atoms with van der Waals surface area (Å²) in [5, 5.41) is 8.71. The molecule has 0 radical (unpaired) electrons. The van der Waals surface area contributed by atoms with Gasteiger partial charge in [0.1, 0.15) is 11.9 Å². The number of alkyl halides is 4. The van der Waals surface area contributed by atoms with Crippen LogP contribution in [0.25, 0.3) is 0 Å². The third kappa shape index (κ3) is 3.78. The molecule has 0 fully saturated rings. The first kappa shape index (κ1) is 19.6. The SMILES string of the molecule is COC(=O)c1ccccc1NC(=O)c1cc2n(n1)[C@@H](C(F)F)C[C@@H](C(F)F)N2. The number of esters is 1. The number of hydrogen-bond donors (Lipinski definition) is 2. The van der Waals surface area contributed by atoms with Crippen LogP contribution in [0, 0.1) is 0 Å². The van der Waals surface area contributed by atoms with Crippen molar-refractivity contribution in [3.8, 4) is 0 Å². The van der Waals surface area contributed by atoms with Crippen molar-refractivity contribution in [1.29, 1.82) is 0 Å². The highest BCUT2D eigenvalue weighted by atomic mass is 19.3. The summed E-state index contributed by atoms with van der Waals surface area (Å²) in [6.45, 7) is 0. The summed E-state index contributed by atoms with van der Waals surface area (Å²) in [6.07, 6.45) is -6.32. The number of hydrogen-bond acceptors (Lipinski definition) is 5. The summed E-state index contributed by atoms with van der Waals surface area (Å²) in [5.41, 5.74) is -0.0412. The molecule has 7 nitrogen and oxygen atoms in total. The van der Waals surface area contributed by atoms with Gasteiger partial charge in [0.2, 0.25) is 0 Å². The highest BCUT2D eigenvalue weighted by Crippen LogP contribution is 2.34. The number of fused-ring (bicyclic) bond motifs is 1. The Balaban J connectivity index is 1.88. The van der Waals surface area contributed by atoms with Gasteiger partial charge in [0.15, 0.2) is 5.69 Å². The number of ether oxygens (including phenoxy) is 1. The number of nitrogens with one attached hydrogen (secondary N) is 2. The Hall–Kier alpha value is -3.11. The summed E-state index contributed by atoms with van der Waals surface area (Å²) in [5.74, 6) is -1.57. The Bertz CT molecular complexity index is 887. The number of anilines is 2.